The van der Waals surface area contributed by atoms with Crippen LogP contribution in [0.3, 0.4) is 0 Å². The molecule has 2 fully saturated rings. The quantitative estimate of drug-likeness (QED) is 0.572. The topological polar surface area (TPSA) is 109 Å². The molecule has 1 N–H and O–H groups in total. The highest BCUT2D eigenvalue weighted by Gasteiger charge is 2.32. The van der Waals surface area contributed by atoms with Gasteiger partial charge in [0.15, 0.2) is 0 Å². The maximum Gasteiger partial charge on any atom is 0.410 e. The van der Waals surface area contributed by atoms with Crippen LogP contribution < -0.4 is 15.9 Å². The second-order valence-corrected chi connectivity index (χ2v) is 11.4. The van der Waals surface area contributed by atoms with Crippen molar-refractivity contribution < 1.29 is 19.1 Å². The van der Waals surface area contributed by atoms with E-state index in [0.717, 1.165) is 43.8 Å². The first-order valence-corrected chi connectivity index (χ1v) is 13.3. The lowest BCUT2D eigenvalue weighted by atomic mass is 10.1. The van der Waals surface area contributed by atoms with Crippen molar-refractivity contribution in [1.82, 2.24) is 24.3 Å². The Hall–Kier alpha value is -3.34. The van der Waals surface area contributed by atoms with Gasteiger partial charge in [-0.1, -0.05) is 0 Å². The van der Waals surface area contributed by atoms with E-state index in [0.29, 0.717) is 24.5 Å². The van der Waals surface area contributed by atoms with Crippen LogP contribution in [-0.2, 0) is 21.4 Å². The fourth-order valence-corrected chi connectivity index (χ4v) is 5.28. The van der Waals surface area contributed by atoms with Crippen LogP contribution in [0.4, 0.5) is 10.5 Å². The molecule has 0 bridgehead atoms. The van der Waals surface area contributed by atoms with Gasteiger partial charge in [0.1, 0.15) is 11.6 Å². The first kappa shape index (κ1) is 27.7. The number of imide groups is 1. The summed E-state index contributed by atoms with van der Waals surface area (Å²) in [6, 6.07) is 5.55. The molecule has 2 aromatic rings. The molecule has 2 aliphatic rings. The van der Waals surface area contributed by atoms with Crippen molar-refractivity contribution in [2.75, 3.05) is 44.7 Å². The Labute approximate surface area is 223 Å². The van der Waals surface area contributed by atoms with Crippen LogP contribution in [-0.4, -0.2) is 88.3 Å². The molecule has 2 atom stereocenters. The minimum Gasteiger partial charge on any atom is -0.444 e. The number of ether oxygens (including phenoxy) is 1. The number of fused-ring (bicyclic) bond motifs is 1. The van der Waals surface area contributed by atoms with Gasteiger partial charge >= 0.3 is 11.8 Å². The van der Waals surface area contributed by atoms with Crippen LogP contribution in [0, 0.1) is 0 Å². The lowest BCUT2D eigenvalue weighted by Gasteiger charge is -2.41. The number of imidazole rings is 1. The minimum absolute atomic E-state index is 0.219. The van der Waals surface area contributed by atoms with Gasteiger partial charge in [0.05, 0.1) is 11.0 Å². The number of carbonyl (C=O) groups is 3. The molecule has 2 aliphatic heterocycles. The second kappa shape index (κ2) is 10.8. The third kappa shape index (κ3) is 5.87. The number of rotatable bonds is 6. The number of carbonyl (C=O) groups excluding carboxylic acids is 3. The Morgan fingerprint density at radius 1 is 1.16 bits per heavy atom. The van der Waals surface area contributed by atoms with Gasteiger partial charge < -0.3 is 14.5 Å². The number of aryl methyl sites for hydroxylation is 1. The van der Waals surface area contributed by atoms with E-state index in [1.807, 2.05) is 39.0 Å². The summed E-state index contributed by atoms with van der Waals surface area (Å²) in [5.74, 6) is -0.729. The molecule has 1 aromatic heterocycles. The normalized spacial score (nSPS) is 21.1. The van der Waals surface area contributed by atoms with E-state index in [4.69, 9.17) is 4.74 Å². The molecular formula is C27H40N6O5. The van der Waals surface area contributed by atoms with Gasteiger partial charge in [-0.15, -0.1) is 0 Å². The highest BCUT2D eigenvalue weighted by molar-refractivity contribution is 6.00. The summed E-state index contributed by atoms with van der Waals surface area (Å²) in [5.41, 5.74) is 1.72. The van der Waals surface area contributed by atoms with E-state index in [1.165, 1.54) is 4.57 Å². The molecule has 11 nitrogen and oxygen atoms in total. The number of hydrogen-bond donors (Lipinski definition) is 1. The average Bonchev–Trinajstić information content (AvgIpc) is 3.08. The van der Waals surface area contributed by atoms with Crippen molar-refractivity contribution in [3.05, 3.63) is 28.7 Å². The zero-order valence-corrected chi connectivity index (χ0v) is 23.3. The Balaban J connectivity index is 1.39. The molecular weight excluding hydrogens is 488 g/mol. The number of benzene rings is 1. The number of amides is 3. The van der Waals surface area contributed by atoms with E-state index in [9.17, 15) is 19.2 Å². The standard InChI is InChI=1S/C27H40N6O5/c1-18-17-32(15-14-31(18)13-7-12-29(5)26(37)38-27(2,3)4)19-8-9-20-22(16-19)30(6)25(36)33(20)21-10-11-23(34)28-24(21)35/h8-9,16,18,21H,7,10-15,17H2,1-6H3,(H,28,34,35)/t18-,21?/m1/s1. The molecule has 11 heteroatoms. The summed E-state index contributed by atoms with van der Waals surface area (Å²) in [6.07, 6.45) is 1.10. The first-order chi connectivity index (χ1) is 17.9. The molecule has 0 spiro atoms. The summed E-state index contributed by atoms with van der Waals surface area (Å²) in [6.45, 7) is 11.9. The lowest BCUT2D eigenvalue weighted by Crippen LogP contribution is -2.52. The Morgan fingerprint density at radius 2 is 1.89 bits per heavy atom. The summed E-state index contributed by atoms with van der Waals surface area (Å²) in [4.78, 5) is 55.7. The third-order valence-electron chi connectivity index (χ3n) is 7.37. The minimum atomic E-state index is -0.687. The third-order valence-corrected chi connectivity index (χ3v) is 7.37. The molecule has 0 radical (unpaired) electrons. The van der Waals surface area contributed by atoms with Gasteiger partial charge in [-0.05, 0) is 58.7 Å². The van der Waals surface area contributed by atoms with Crippen LogP contribution in [0.25, 0.3) is 11.0 Å². The van der Waals surface area contributed by atoms with Crippen molar-refractivity contribution in [2.24, 2.45) is 7.05 Å². The van der Waals surface area contributed by atoms with Crippen molar-refractivity contribution in [3.8, 4) is 0 Å². The molecule has 0 aliphatic carbocycles. The van der Waals surface area contributed by atoms with E-state index in [-0.39, 0.29) is 24.1 Å². The first-order valence-electron chi connectivity index (χ1n) is 13.3. The fourth-order valence-electron chi connectivity index (χ4n) is 5.28. The molecule has 38 heavy (non-hydrogen) atoms. The zero-order valence-electron chi connectivity index (χ0n) is 23.3. The van der Waals surface area contributed by atoms with Crippen LogP contribution in [0.2, 0.25) is 0 Å². The van der Waals surface area contributed by atoms with Crippen molar-refractivity contribution >= 4 is 34.6 Å². The zero-order chi connectivity index (χ0) is 27.8. The van der Waals surface area contributed by atoms with Crippen molar-refractivity contribution in [2.45, 2.75) is 64.6 Å². The maximum absolute atomic E-state index is 13.1. The van der Waals surface area contributed by atoms with Gasteiger partial charge in [-0.2, -0.15) is 0 Å². The highest BCUT2D eigenvalue weighted by atomic mass is 16.6. The number of nitrogens with one attached hydrogen (secondary N) is 1. The van der Waals surface area contributed by atoms with Gasteiger partial charge in [0.25, 0.3) is 0 Å². The highest BCUT2D eigenvalue weighted by Crippen LogP contribution is 2.27. The molecule has 1 unspecified atom stereocenters. The van der Waals surface area contributed by atoms with E-state index in [2.05, 4.69) is 22.0 Å². The smallest absolute Gasteiger partial charge is 0.410 e. The summed E-state index contributed by atoms with van der Waals surface area (Å²) >= 11 is 0. The predicted octanol–water partition coefficient (Wildman–Crippen LogP) is 2.09. The van der Waals surface area contributed by atoms with Gasteiger partial charge in [0.2, 0.25) is 11.8 Å². The van der Waals surface area contributed by atoms with E-state index < -0.39 is 17.6 Å². The van der Waals surface area contributed by atoms with Gasteiger partial charge in [0, 0.05) is 65.0 Å². The molecule has 3 amide bonds. The summed E-state index contributed by atoms with van der Waals surface area (Å²) in [7, 11) is 3.48. The van der Waals surface area contributed by atoms with Crippen LogP contribution in [0.1, 0.15) is 53.0 Å². The van der Waals surface area contributed by atoms with Crippen LogP contribution in [0.5, 0.6) is 0 Å². The molecule has 208 valence electrons. The lowest BCUT2D eigenvalue weighted by molar-refractivity contribution is -0.135. The second-order valence-electron chi connectivity index (χ2n) is 11.4. The molecule has 1 aromatic carbocycles. The predicted molar refractivity (Wildman–Crippen MR) is 145 cm³/mol. The number of piperidine rings is 1. The SMILES string of the molecule is C[C@@H]1CN(c2ccc3c(c2)n(C)c(=O)n3C2CCC(=O)NC2=O)CCN1CCCN(C)C(=O)OC(C)(C)C. The monoisotopic (exact) mass is 528 g/mol. The van der Waals surface area contributed by atoms with E-state index >= 15 is 0 Å². The van der Waals surface area contributed by atoms with E-state index in [1.54, 1.807) is 23.6 Å². The van der Waals surface area contributed by atoms with Crippen LogP contribution >= 0.6 is 0 Å². The molecule has 3 heterocycles. The van der Waals surface area contributed by atoms with Crippen molar-refractivity contribution in [1.29, 1.82) is 0 Å². The van der Waals surface area contributed by atoms with Crippen molar-refractivity contribution in [3.63, 3.8) is 0 Å². The number of nitrogens with zero attached hydrogens (tertiary/aromatic N) is 5. The van der Waals surface area contributed by atoms with Gasteiger partial charge in [-0.3, -0.25) is 28.9 Å². The Morgan fingerprint density at radius 3 is 2.55 bits per heavy atom. The van der Waals surface area contributed by atoms with Crippen LogP contribution in [0.15, 0.2) is 23.0 Å². The molecule has 4 rings (SSSR count). The number of aromatic nitrogens is 2. The summed E-state index contributed by atoms with van der Waals surface area (Å²) < 4.78 is 8.51. The summed E-state index contributed by atoms with van der Waals surface area (Å²) in [5, 5.41) is 2.35. The number of piperazine rings is 1. The maximum atomic E-state index is 13.1. The molecule has 0 saturated carbocycles. The number of hydrogen-bond acceptors (Lipinski definition) is 7. The fraction of sp³-hybridized carbons (Fsp3) is 0.630. The van der Waals surface area contributed by atoms with Gasteiger partial charge in [-0.25, -0.2) is 9.59 Å². The number of anilines is 1. The Kier molecular flexibility index (Phi) is 7.87. The Bertz CT molecular complexity index is 1280. The average molecular weight is 529 g/mol. The largest absolute Gasteiger partial charge is 0.444 e. The molecule has 2 saturated heterocycles.